The Morgan fingerprint density at radius 3 is 2.36 bits per heavy atom. The summed E-state index contributed by atoms with van der Waals surface area (Å²) in [6.45, 7) is 1.85. The van der Waals surface area contributed by atoms with Crippen molar-refractivity contribution in [3.05, 3.63) is 59.7 Å². The Morgan fingerprint density at radius 2 is 1.82 bits per heavy atom. The fourth-order valence-electron chi connectivity index (χ4n) is 2.10. The molecule has 1 amide bonds. The molecule has 0 aliphatic carbocycles. The van der Waals surface area contributed by atoms with Gasteiger partial charge in [0, 0.05) is 18.7 Å². The smallest absolute Gasteiger partial charge is 0.335 e. The number of anilines is 1. The van der Waals surface area contributed by atoms with Crippen LogP contribution in [0.2, 0.25) is 0 Å². The van der Waals surface area contributed by atoms with E-state index in [9.17, 15) is 9.59 Å². The van der Waals surface area contributed by atoms with Crippen LogP contribution in [0.25, 0.3) is 0 Å². The maximum absolute atomic E-state index is 11.9. The van der Waals surface area contributed by atoms with Crippen LogP contribution in [0, 0.1) is 0 Å². The van der Waals surface area contributed by atoms with Gasteiger partial charge in [0.05, 0.1) is 19.2 Å². The number of carbonyl (C=O) groups is 2. The second kappa shape index (κ2) is 6.76. The Labute approximate surface area is 128 Å². The summed E-state index contributed by atoms with van der Waals surface area (Å²) in [5, 5.41) is 8.90. The number of carboxylic acid groups (broad SMARTS) is 1. The van der Waals surface area contributed by atoms with Crippen LogP contribution < -0.4 is 9.64 Å². The zero-order valence-corrected chi connectivity index (χ0v) is 12.4. The number of methoxy groups -OCH3 is 1. The van der Waals surface area contributed by atoms with Gasteiger partial charge in [0.15, 0.2) is 0 Å². The largest absolute Gasteiger partial charge is 0.497 e. The van der Waals surface area contributed by atoms with Gasteiger partial charge in [-0.3, -0.25) is 4.79 Å². The monoisotopic (exact) mass is 299 g/mol. The van der Waals surface area contributed by atoms with E-state index in [1.54, 1.807) is 30.2 Å². The zero-order valence-electron chi connectivity index (χ0n) is 12.4. The summed E-state index contributed by atoms with van der Waals surface area (Å²) in [5.41, 5.74) is 1.80. The van der Waals surface area contributed by atoms with Crippen LogP contribution in [0.1, 0.15) is 22.8 Å². The van der Waals surface area contributed by atoms with Gasteiger partial charge >= 0.3 is 5.97 Å². The standard InChI is InChI=1S/C17H17NO4/c1-12(19)18(15-4-3-5-16(10-15)22-2)11-13-6-8-14(9-7-13)17(20)21/h3-10H,11H2,1-2H3,(H,20,21). The third-order valence-electron chi connectivity index (χ3n) is 3.29. The highest BCUT2D eigenvalue weighted by Gasteiger charge is 2.13. The number of ether oxygens (including phenoxy) is 1. The summed E-state index contributed by atoms with van der Waals surface area (Å²) in [4.78, 5) is 24.4. The molecule has 0 radical (unpaired) electrons. The summed E-state index contributed by atoms with van der Waals surface area (Å²) >= 11 is 0. The molecule has 0 spiro atoms. The van der Waals surface area contributed by atoms with Crippen LogP contribution in [-0.2, 0) is 11.3 Å². The Hall–Kier alpha value is -2.82. The number of carbonyl (C=O) groups excluding carboxylic acids is 1. The van der Waals surface area contributed by atoms with Crippen molar-refractivity contribution in [2.45, 2.75) is 13.5 Å². The van der Waals surface area contributed by atoms with Crippen molar-refractivity contribution in [3.8, 4) is 5.75 Å². The molecule has 0 atom stereocenters. The van der Waals surface area contributed by atoms with E-state index in [4.69, 9.17) is 9.84 Å². The lowest BCUT2D eigenvalue weighted by Crippen LogP contribution is -2.27. The predicted molar refractivity (Wildman–Crippen MR) is 83.3 cm³/mol. The highest BCUT2D eigenvalue weighted by Crippen LogP contribution is 2.23. The molecule has 0 unspecified atom stereocenters. The van der Waals surface area contributed by atoms with Gasteiger partial charge in [-0.05, 0) is 29.8 Å². The van der Waals surface area contributed by atoms with Crippen LogP contribution in [-0.4, -0.2) is 24.1 Å². The lowest BCUT2D eigenvalue weighted by molar-refractivity contribution is -0.116. The van der Waals surface area contributed by atoms with Gasteiger partial charge in [0.25, 0.3) is 0 Å². The quantitative estimate of drug-likeness (QED) is 0.921. The summed E-state index contributed by atoms with van der Waals surface area (Å²) in [6.07, 6.45) is 0. The predicted octanol–water partition coefficient (Wildman–Crippen LogP) is 2.95. The zero-order chi connectivity index (χ0) is 16.1. The molecular weight excluding hydrogens is 282 g/mol. The minimum atomic E-state index is -0.970. The summed E-state index contributed by atoms with van der Waals surface area (Å²) in [7, 11) is 1.57. The maximum Gasteiger partial charge on any atom is 0.335 e. The van der Waals surface area contributed by atoms with Gasteiger partial charge in [0.1, 0.15) is 5.75 Å². The molecule has 5 nitrogen and oxygen atoms in total. The van der Waals surface area contributed by atoms with E-state index in [-0.39, 0.29) is 11.5 Å². The first-order chi connectivity index (χ1) is 10.5. The van der Waals surface area contributed by atoms with Crippen molar-refractivity contribution in [3.63, 3.8) is 0 Å². The average Bonchev–Trinajstić information content (AvgIpc) is 2.52. The number of nitrogens with zero attached hydrogens (tertiary/aromatic N) is 1. The molecule has 2 aromatic carbocycles. The van der Waals surface area contributed by atoms with E-state index in [1.807, 2.05) is 18.2 Å². The molecule has 22 heavy (non-hydrogen) atoms. The fourth-order valence-corrected chi connectivity index (χ4v) is 2.10. The lowest BCUT2D eigenvalue weighted by atomic mass is 10.1. The minimum absolute atomic E-state index is 0.101. The lowest BCUT2D eigenvalue weighted by Gasteiger charge is -2.22. The van der Waals surface area contributed by atoms with E-state index < -0.39 is 5.97 Å². The molecule has 0 aromatic heterocycles. The molecular formula is C17H17NO4. The van der Waals surface area contributed by atoms with Crippen LogP contribution in [0.5, 0.6) is 5.75 Å². The average molecular weight is 299 g/mol. The van der Waals surface area contributed by atoms with Gasteiger partial charge in [-0.2, -0.15) is 0 Å². The Morgan fingerprint density at radius 1 is 1.14 bits per heavy atom. The number of benzene rings is 2. The molecule has 0 saturated heterocycles. The van der Waals surface area contributed by atoms with Crippen molar-refractivity contribution in [1.82, 2.24) is 0 Å². The topological polar surface area (TPSA) is 66.8 Å². The first-order valence-corrected chi connectivity index (χ1v) is 6.75. The second-order valence-electron chi connectivity index (χ2n) is 4.81. The molecule has 0 saturated carbocycles. The highest BCUT2D eigenvalue weighted by molar-refractivity contribution is 5.91. The van der Waals surface area contributed by atoms with E-state index in [0.29, 0.717) is 12.3 Å². The van der Waals surface area contributed by atoms with Crippen molar-refractivity contribution >= 4 is 17.6 Å². The molecule has 0 heterocycles. The third-order valence-corrected chi connectivity index (χ3v) is 3.29. The maximum atomic E-state index is 11.9. The Kier molecular flexibility index (Phi) is 4.78. The normalized spacial score (nSPS) is 10.1. The number of rotatable bonds is 5. The first-order valence-electron chi connectivity index (χ1n) is 6.75. The molecule has 1 N–H and O–H groups in total. The van der Waals surface area contributed by atoms with Crippen LogP contribution in [0.15, 0.2) is 48.5 Å². The van der Waals surface area contributed by atoms with Gasteiger partial charge in [-0.15, -0.1) is 0 Å². The first kappa shape index (κ1) is 15.6. The molecule has 0 aliphatic rings. The van der Waals surface area contributed by atoms with Crippen molar-refractivity contribution in [2.24, 2.45) is 0 Å². The summed E-state index contributed by atoms with van der Waals surface area (Å²) < 4.78 is 5.17. The van der Waals surface area contributed by atoms with E-state index in [0.717, 1.165) is 11.3 Å². The second-order valence-corrected chi connectivity index (χ2v) is 4.81. The summed E-state index contributed by atoms with van der Waals surface area (Å²) in [6, 6.07) is 13.7. The minimum Gasteiger partial charge on any atom is -0.497 e. The molecule has 0 bridgehead atoms. The molecule has 0 aliphatic heterocycles. The number of hydrogen-bond donors (Lipinski definition) is 1. The van der Waals surface area contributed by atoms with Crippen molar-refractivity contribution < 1.29 is 19.4 Å². The number of amides is 1. The molecule has 0 fully saturated rings. The number of carboxylic acids is 1. The van der Waals surface area contributed by atoms with Crippen LogP contribution in [0.4, 0.5) is 5.69 Å². The van der Waals surface area contributed by atoms with E-state index in [1.165, 1.54) is 19.1 Å². The van der Waals surface area contributed by atoms with Crippen LogP contribution in [0.3, 0.4) is 0 Å². The number of hydrogen-bond acceptors (Lipinski definition) is 3. The molecule has 114 valence electrons. The van der Waals surface area contributed by atoms with Gasteiger partial charge in [0.2, 0.25) is 5.91 Å². The SMILES string of the molecule is COc1cccc(N(Cc2ccc(C(=O)O)cc2)C(C)=O)c1. The number of aromatic carboxylic acids is 1. The highest BCUT2D eigenvalue weighted by atomic mass is 16.5. The van der Waals surface area contributed by atoms with Crippen molar-refractivity contribution in [1.29, 1.82) is 0 Å². The molecule has 2 aromatic rings. The molecule has 2 rings (SSSR count). The summed E-state index contributed by atoms with van der Waals surface area (Å²) in [5.74, 6) is -0.400. The molecule has 5 heteroatoms. The fraction of sp³-hybridized carbons (Fsp3) is 0.176. The van der Waals surface area contributed by atoms with Crippen LogP contribution >= 0.6 is 0 Å². The third kappa shape index (κ3) is 3.63. The van der Waals surface area contributed by atoms with Gasteiger partial charge in [-0.25, -0.2) is 4.79 Å². The van der Waals surface area contributed by atoms with Gasteiger partial charge in [-0.1, -0.05) is 18.2 Å². The van der Waals surface area contributed by atoms with Crippen molar-refractivity contribution in [2.75, 3.05) is 12.0 Å². The van der Waals surface area contributed by atoms with E-state index in [2.05, 4.69) is 0 Å². The van der Waals surface area contributed by atoms with Gasteiger partial charge < -0.3 is 14.7 Å². The van der Waals surface area contributed by atoms with E-state index >= 15 is 0 Å². The Bertz CT molecular complexity index is 679. The Balaban J connectivity index is 2.25.